The lowest BCUT2D eigenvalue weighted by Crippen LogP contribution is -2.49. The fraction of sp³-hybridized carbons (Fsp3) is 0.243. The van der Waals surface area contributed by atoms with E-state index in [-0.39, 0.29) is 23.8 Å². The smallest absolute Gasteiger partial charge is 0.418 e. The molecular weight excluding hydrogens is 762 g/mol. The van der Waals surface area contributed by atoms with Crippen molar-refractivity contribution >= 4 is 56.4 Å². The van der Waals surface area contributed by atoms with Crippen molar-refractivity contribution in [2.24, 2.45) is 0 Å². The van der Waals surface area contributed by atoms with Crippen LogP contribution in [0.2, 0.25) is 0 Å². The van der Waals surface area contributed by atoms with Crippen LogP contribution in [0.1, 0.15) is 32.6 Å². The summed E-state index contributed by atoms with van der Waals surface area (Å²) in [4.78, 5) is 30.6. The molecule has 0 spiro atoms. The maximum absolute atomic E-state index is 14.0. The van der Waals surface area contributed by atoms with Gasteiger partial charge in [-0.25, -0.2) is 13.1 Å². The molecule has 0 bridgehead atoms. The lowest BCUT2D eigenvalue weighted by molar-refractivity contribution is -0.137. The predicted octanol–water partition coefficient (Wildman–Crippen LogP) is 6.91. The van der Waals surface area contributed by atoms with Gasteiger partial charge in [-0.1, -0.05) is 30.3 Å². The van der Waals surface area contributed by atoms with Crippen LogP contribution in [0.4, 0.5) is 24.7 Å². The van der Waals surface area contributed by atoms with E-state index in [1.807, 2.05) is 77.9 Å². The second-order valence-electron chi connectivity index (χ2n) is 11.9. The van der Waals surface area contributed by atoms with Crippen molar-refractivity contribution in [3.05, 3.63) is 113 Å². The van der Waals surface area contributed by atoms with Gasteiger partial charge in [-0.05, 0) is 84.1 Å². The minimum Gasteiger partial charge on any atom is -0.494 e. The summed E-state index contributed by atoms with van der Waals surface area (Å²) in [6, 6.07) is 24.2. The molecule has 1 aliphatic heterocycles. The Morgan fingerprint density at radius 1 is 0.907 bits per heavy atom. The van der Waals surface area contributed by atoms with E-state index in [0.717, 1.165) is 33.9 Å². The molecule has 5 aromatic rings. The zero-order valence-electron chi connectivity index (χ0n) is 28.9. The molecule has 6 rings (SSSR count). The number of ether oxygens (including phenoxy) is 1. The standard InChI is InChI=1S/C37H35F3N6O5S3/c1-2-51-27-8-6-7-25(21-27)26-22-33(53-24-26)36(48)46-18-16-45(17-19-46)34-14-13-32(42-43-34)35(47)44-54(49,50)29-11-12-31(30(23-29)37(38,39)40)41-15-20-52-28-9-4-3-5-10-28/h3-14,21-24,41H,2,15-20H2,1H3,(H,44,47). The van der Waals surface area contributed by atoms with E-state index in [9.17, 15) is 31.2 Å². The molecule has 0 unspecified atom stereocenters. The van der Waals surface area contributed by atoms with Crippen molar-refractivity contribution in [1.82, 2.24) is 19.8 Å². The molecule has 0 radical (unpaired) electrons. The summed E-state index contributed by atoms with van der Waals surface area (Å²) >= 11 is 2.83. The van der Waals surface area contributed by atoms with Crippen LogP contribution in [0.3, 0.4) is 0 Å². The van der Waals surface area contributed by atoms with Gasteiger partial charge in [0.05, 0.1) is 21.9 Å². The summed E-state index contributed by atoms with van der Waals surface area (Å²) in [5, 5.41) is 12.6. The van der Waals surface area contributed by atoms with Gasteiger partial charge in [0.1, 0.15) is 5.75 Å². The van der Waals surface area contributed by atoms with E-state index in [1.165, 1.54) is 35.2 Å². The van der Waals surface area contributed by atoms with Crippen LogP contribution in [0.5, 0.6) is 5.75 Å². The van der Waals surface area contributed by atoms with Gasteiger partial charge in [0.2, 0.25) is 0 Å². The summed E-state index contributed by atoms with van der Waals surface area (Å²) < 4.78 is 75.3. The number of halogens is 3. The number of rotatable bonds is 13. The molecular formula is C37H35F3N6O5S3. The fourth-order valence-corrected chi connectivity index (χ4v) is 8.28. The highest BCUT2D eigenvalue weighted by Crippen LogP contribution is 2.36. The zero-order valence-corrected chi connectivity index (χ0v) is 31.3. The van der Waals surface area contributed by atoms with Crippen LogP contribution >= 0.6 is 23.1 Å². The van der Waals surface area contributed by atoms with Gasteiger partial charge < -0.3 is 19.9 Å². The zero-order chi connectivity index (χ0) is 38.3. The van der Waals surface area contributed by atoms with E-state index >= 15 is 0 Å². The fourth-order valence-electron chi connectivity index (χ4n) is 5.63. The molecule has 0 saturated carbocycles. The number of sulfonamides is 1. The van der Waals surface area contributed by atoms with Crippen LogP contribution < -0.4 is 19.7 Å². The van der Waals surface area contributed by atoms with Crippen LogP contribution in [-0.4, -0.2) is 80.4 Å². The number of nitrogens with one attached hydrogen (secondary N) is 2. The first kappa shape index (κ1) is 38.6. The largest absolute Gasteiger partial charge is 0.494 e. The van der Waals surface area contributed by atoms with Crippen molar-refractivity contribution in [2.45, 2.75) is 22.9 Å². The molecule has 17 heteroatoms. The van der Waals surface area contributed by atoms with Gasteiger partial charge in [0.15, 0.2) is 11.5 Å². The normalized spacial score (nSPS) is 13.4. The van der Waals surface area contributed by atoms with E-state index in [0.29, 0.717) is 55.3 Å². The number of nitrogens with zero attached hydrogens (tertiary/aromatic N) is 4. The number of alkyl halides is 3. The molecule has 1 aliphatic rings. The van der Waals surface area contributed by atoms with Gasteiger partial charge >= 0.3 is 6.18 Å². The Morgan fingerprint density at radius 3 is 2.39 bits per heavy atom. The first-order chi connectivity index (χ1) is 25.9. The Kier molecular flexibility index (Phi) is 12.1. The topological polar surface area (TPSA) is 134 Å². The number of hydrogen-bond donors (Lipinski definition) is 2. The molecule has 0 aliphatic carbocycles. The summed E-state index contributed by atoms with van der Waals surface area (Å²) in [7, 11) is -4.71. The summed E-state index contributed by atoms with van der Waals surface area (Å²) in [5.74, 6) is 0.398. The van der Waals surface area contributed by atoms with E-state index in [2.05, 4.69) is 15.5 Å². The second kappa shape index (κ2) is 16.9. The molecule has 3 heterocycles. The molecule has 1 fully saturated rings. The number of anilines is 2. The quantitative estimate of drug-likeness (QED) is 0.0957. The maximum Gasteiger partial charge on any atom is 0.418 e. The minimum atomic E-state index is -4.87. The summed E-state index contributed by atoms with van der Waals surface area (Å²) in [5.41, 5.74) is 0.0706. The molecule has 2 amide bonds. The van der Waals surface area contributed by atoms with Gasteiger partial charge in [-0.2, -0.15) is 13.2 Å². The second-order valence-corrected chi connectivity index (χ2v) is 15.7. The Bertz CT molecular complexity index is 2200. The SMILES string of the molecule is CCOc1cccc(-c2csc(C(=O)N3CCN(c4ccc(C(=O)NS(=O)(=O)c5ccc(NCCSc6ccccc6)c(C(F)(F)F)c5)nn4)CC3)c2)c1. The van der Waals surface area contributed by atoms with Crippen molar-refractivity contribution in [2.75, 3.05) is 55.3 Å². The summed E-state index contributed by atoms with van der Waals surface area (Å²) in [6.45, 7) is 4.36. The molecule has 0 atom stereocenters. The third kappa shape index (κ3) is 9.50. The van der Waals surface area contributed by atoms with E-state index in [4.69, 9.17) is 4.74 Å². The number of hydrogen-bond acceptors (Lipinski definition) is 11. The first-order valence-corrected chi connectivity index (χ1v) is 20.2. The first-order valence-electron chi connectivity index (χ1n) is 16.8. The van der Waals surface area contributed by atoms with Gasteiger partial charge in [-0.3, -0.25) is 9.59 Å². The van der Waals surface area contributed by atoms with E-state index in [1.54, 1.807) is 9.62 Å². The third-order valence-electron chi connectivity index (χ3n) is 8.33. The number of benzene rings is 3. The van der Waals surface area contributed by atoms with Crippen LogP contribution in [0.15, 0.2) is 106 Å². The van der Waals surface area contributed by atoms with Crippen LogP contribution in [-0.2, 0) is 16.2 Å². The molecule has 54 heavy (non-hydrogen) atoms. The highest BCUT2D eigenvalue weighted by atomic mass is 32.2. The van der Waals surface area contributed by atoms with E-state index < -0.39 is 32.6 Å². The molecule has 3 aromatic carbocycles. The number of aromatic nitrogens is 2. The Labute approximate surface area is 318 Å². The number of piperazine rings is 1. The molecule has 2 aromatic heterocycles. The lowest BCUT2D eigenvalue weighted by atomic mass is 10.1. The summed E-state index contributed by atoms with van der Waals surface area (Å²) in [6.07, 6.45) is -4.87. The van der Waals surface area contributed by atoms with Crippen LogP contribution in [0.25, 0.3) is 11.1 Å². The van der Waals surface area contributed by atoms with Crippen molar-refractivity contribution < 1.29 is 35.9 Å². The van der Waals surface area contributed by atoms with Crippen LogP contribution in [0, 0.1) is 0 Å². The highest BCUT2D eigenvalue weighted by molar-refractivity contribution is 7.99. The molecule has 2 N–H and O–H groups in total. The Morgan fingerprint density at radius 2 is 1.69 bits per heavy atom. The highest BCUT2D eigenvalue weighted by Gasteiger charge is 2.35. The number of thioether (sulfide) groups is 1. The van der Waals surface area contributed by atoms with Gasteiger partial charge in [-0.15, -0.1) is 33.3 Å². The number of carbonyl (C=O) groups excluding carboxylic acids is 2. The molecule has 1 saturated heterocycles. The number of carbonyl (C=O) groups is 2. The molecule has 282 valence electrons. The maximum atomic E-state index is 14.0. The average molecular weight is 797 g/mol. The van der Waals surface area contributed by atoms with Crippen molar-refractivity contribution in [3.8, 4) is 16.9 Å². The monoisotopic (exact) mass is 796 g/mol. The Hall–Kier alpha value is -5.13. The third-order valence-corrected chi connectivity index (χ3v) is 11.6. The number of amides is 2. The molecule has 11 nitrogen and oxygen atoms in total. The van der Waals surface area contributed by atoms with Crippen molar-refractivity contribution in [3.63, 3.8) is 0 Å². The lowest BCUT2D eigenvalue weighted by Gasteiger charge is -2.35. The average Bonchev–Trinajstić information content (AvgIpc) is 3.67. The minimum absolute atomic E-state index is 0.0858. The van der Waals surface area contributed by atoms with Crippen molar-refractivity contribution in [1.29, 1.82) is 0 Å². The number of thiophene rings is 1. The van der Waals surface area contributed by atoms with Gasteiger partial charge in [0.25, 0.3) is 21.8 Å². The Balaban J connectivity index is 1.03. The predicted molar refractivity (Wildman–Crippen MR) is 203 cm³/mol. The van der Waals surface area contributed by atoms with Gasteiger partial charge in [0, 0.05) is 49.1 Å².